The molecule has 2 aromatic carbocycles. The highest BCUT2D eigenvalue weighted by molar-refractivity contribution is 6.00. The van der Waals surface area contributed by atoms with E-state index < -0.39 is 5.91 Å². The average molecular weight is 279 g/mol. The molecule has 1 radical (unpaired) electrons. The van der Waals surface area contributed by atoms with Crippen LogP contribution in [0.5, 0.6) is 0 Å². The molecule has 0 bridgehead atoms. The molecule has 0 saturated heterocycles. The Kier molecular flexibility index (Phi) is 3.44. The van der Waals surface area contributed by atoms with E-state index in [1.807, 2.05) is 12.1 Å². The fraction of sp³-hybridized carbons (Fsp3) is 0.176. The van der Waals surface area contributed by atoms with Crippen molar-refractivity contribution in [3.63, 3.8) is 0 Å². The van der Waals surface area contributed by atoms with Gasteiger partial charge in [-0.15, -0.1) is 0 Å². The second-order valence-corrected chi connectivity index (χ2v) is 5.16. The van der Waals surface area contributed by atoms with Crippen LogP contribution in [0.15, 0.2) is 42.5 Å². The van der Waals surface area contributed by atoms with Gasteiger partial charge >= 0.3 is 0 Å². The van der Waals surface area contributed by atoms with Gasteiger partial charge in [0.05, 0.1) is 0 Å². The van der Waals surface area contributed by atoms with Crippen LogP contribution in [0.4, 0.5) is 0 Å². The van der Waals surface area contributed by atoms with E-state index in [1.165, 1.54) is 0 Å². The summed E-state index contributed by atoms with van der Waals surface area (Å²) in [5.74, 6) is -0.544. The van der Waals surface area contributed by atoms with Gasteiger partial charge in [0, 0.05) is 17.2 Å². The van der Waals surface area contributed by atoms with Crippen LogP contribution >= 0.6 is 0 Å². The molecule has 1 saturated carbocycles. The fourth-order valence-electron chi connectivity index (χ4n) is 2.18. The maximum atomic E-state index is 11.9. The summed E-state index contributed by atoms with van der Waals surface area (Å²) in [6, 6.07) is 15.4. The second-order valence-electron chi connectivity index (χ2n) is 5.16. The van der Waals surface area contributed by atoms with Crippen molar-refractivity contribution in [2.45, 2.75) is 18.9 Å². The van der Waals surface area contributed by atoms with Gasteiger partial charge in [0.15, 0.2) is 0 Å². The molecule has 2 amide bonds. The molecular formula is C17H15N2O2. The van der Waals surface area contributed by atoms with Gasteiger partial charge in [-0.2, -0.15) is 0 Å². The Labute approximate surface area is 123 Å². The number of benzene rings is 2. The first-order valence-corrected chi connectivity index (χ1v) is 6.86. The zero-order valence-electron chi connectivity index (χ0n) is 11.4. The molecule has 1 fully saturated rings. The minimum atomic E-state index is -0.489. The molecule has 0 aliphatic heterocycles. The van der Waals surface area contributed by atoms with Crippen molar-refractivity contribution in [3.05, 3.63) is 59.7 Å². The van der Waals surface area contributed by atoms with Crippen molar-refractivity contribution in [1.82, 2.24) is 5.32 Å². The third-order valence-corrected chi connectivity index (χ3v) is 3.50. The lowest BCUT2D eigenvalue weighted by atomic mass is 9.98. The van der Waals surface area contributed by atoms with Crippen molar-refractivity contribution >= 4 is 11.8 Å². The van der Waals surface area contributed by atoms with E-state index in [1.54, 1.807) is 30.3 Å². The number of nitrogens with one attached hydrogen (secondary N) is 1. The molecule has 0 heterocycles. The van der Waals surface area contributed by atoms with E-state index in [4.69, 9.17) is 5.73 Å². The normalized spacial score (nSPS) is 13.7. The lowest BCUT2D eigenvalue weighted by Crippen LogP contribution is -2.25. The molecule has 4 nitrogen and oxygen atoms in total. The summed E-state index contributed by atoms with van der Waals surface area (Å²) in [6.07, 6.45) is 2.12. The number of hydrogen-bond donors (Lipinski definition) is 2. The van der Waals surface area contributed by atoms with Crippen LogP contribution in [-0.2, 0) is 0 Å². The van der Waals surface area contributed by atoms with Crippen LogP contribution < -0.4 is 11.1 Å². The molecule has 2 aromatic rings. The molecular weight excluding hydrogens is 264 g/mol. The Bertz CT molecular complexity index is 688. The quantitative estimate of drug-likeness (QED) is 0.900. The molecule has 0 atom stereocenters. The summed E-state index contributed by atoms with van der Waals surface area (Å²) in [4.78, 5) is 23.4. The van der Waals surface area contributed by atoms with Crippen LogP contribution in [0.3, 0.4) is 0 Å². The Balaban J connectivity index is 1.87. The van der Waals surface area contributed by atoms with Gasteiger partial charge in [0.1, 0.15) is 0 Å². The minimum absolute atomic E-state index is 0.0550. The van der Waals surface area contributed by atoms with Crippen molar-refractivity contribution in [1.29, 1.82) is 0 Å². The lowest BCUT2D eigenvalue weighted by molar-refractivity contribution is 0.0949. The first-order chi connectivity index (χ1) is 10.1. The molecule has 3 N–H and O–H groups in total. The number of rotatable bonds is 4. The molecule has 0 unspecified atom stereocenters. The third kappa shape index (κ3) is 2.94. The number of carbonyl (C=O) groups is 2. The number of primary amides is 1. The monoisotopic (exact) mass is 279 g/mol. The molecule has 4 heteroatoms. The second kappa shape index (κ2) is 5.40. The maximum absolute atomic E-state index is 11.9. The van der Waals surface area contributed by atoms with Crippen LogP contribution in [-0.4, -0.2) is 17.9 Å². The third-order valence-electron chi connectivity index (χ3n) is 3.50. The van der Waals surface area contributed by atoms with Gasteiger partial charge in [-0.05, 0) is 48.2 Å². The summed E-state index contributed by atoms with van der Waals surface area (Å²) in [6.45, 7) is 0. The largest absolute Gasteiger partial charge is 0.366 e. The van der Waals surface area contributed by atoms with Gasteiger partial charge in [0.25, 0.3) is 5.91 Å². The summed E-state index contributed by atoms with van der Waals surface area (Å²) >= 11 is 0. The smallest absolute Gasteiger partial charge is 0.251 e. The van der Waals surface area contributed by atoms with E-state index in [0.717, 1.165) is 24.0 Å². The molecule has 3 rings (SSSR count). The highest BCUT2D eigenvalue weighted by Gasteiger charge is 2.23. The molecule has 21 heavy (non-hydrogen) atoms. The molecule has 1 aliphatic rings. The van der Waals surface area contributed by atoms with E-state index in [2.05, 4.69) is 11.4 Å². The summed E-state index contributed by atoms with van der Waals surface area (Å²) in [5, 5.41) is 2.94. The molecule has 0 aromatic heterocycles. The SMILES string of the molecule is NC(=O)c1c[c]ccc1-c1ccc(C(=O)NC2CC2)cc1. The van der Waals surface area contributed by atoms with Crippen LogP contribution in [0.25, 0.3) is 11.1 Å². The van der Waals surface area contributed by atoms with Gasteiger partial charge in [0.2, 0.25) is 5.91 Å². The van der Waals surface area contributed by atoms with Crippen molar-refractivity contribution < 1.29 is 9.59 Å². The first-order valence-electron chi connectivity index (χ1n) is 6.86. The Morgan fingerprint density at radius 2 is 1.86 bits per heavy atom. The summed E-state index contributed by atoms with van der Waals surface area (Å²) < 4.78 is 0. The predicted molar refractivity (Wildman–Crippen MR) is 79.7 cm³/mol. The summed E-state index contributed by atoms with van der Waals surface area (Å²) in [5.41, 5.74) is 8.01. The van der Waals surface area contributed by atoms with Crippen molar-refractivity contribution in [2.75, 3.05) is 0 Å². The minimum Gasteiger partial charge on any atom is -0.366 e. The van der Waals surface area contributed by atoms with Crippen molar-refractivity contribution in [3.8, 4) is 11.1 Å². The van der Waals surface area contributed by atoms with Crippen LogP contribution in [0.2, 0.25) is 0 Å². The average Bonchev–Trinajstić information content (AvgIpc) is 3.31. The topological polar surface area (TPSA) is 72.2 Å². The Morgan fingerprint density at radius 3 is 2.48 bits per heavy atom. The lowest BCUT2D eigenvalue weighted by Gasteiger charge is -2.08. The van der Waals surface area contributed by atoms with E-state index in [0.29, 0.717) is 17.2 Å². The molecule has 0 spiro atoms. The molecule has 1 aliphatic carbocycles. The van der Waals surface area contributed by atoms with Gasteiger partial charge in [-0.3, -0.25) is 9.59 Å². The van der Waals surface area contributed by atoms with E-state index in [-0.39, 0.29) is 5.91 Å². The summed E-state index contributed by atoms with van der Waals surface area (Å²) in [7, 11) is 0. The van der Waals surface area contributed by atoms with E-state index >= 15 is 0 Å². The highest BCUT2D eigenvalue weighted by Crippen LogP contribution is 2.24. The van der Waals surface area contributed by atoms with E-state index in [9.17, 15) is 9.59 Å². The predicted octanol–water partition coefficient (Wildman–Crippen LogP) is 2.14. The first kappa shape index (κ1) is 13.4. The highest BCUT2D eigenvalue weighted by atomic mass is 16.2. The Morgan fingerprint density at radius 1 is 1.14 bits per heavy atom. The standard InChI is InChI=1S/C17H15N2O2/c18-16(20)15-4-2-1-3-14(15)11-5-7-12(8-6-11)17(21)19-13-9-10-13/h1,3-8,13H,9-10H2,(H2,18,20)(H,19,21). The maximum Gasteiger partial charge on any atom is 0.251 e. The van der Waals surface area contributed by atoms with Crippen LogP contribution in [0, 0.1) is 6.07 Å². The van der Waals surface area contributed by atoms with Gasteiger partial charge in [-0.25, -0.2) is 0 Å². The zero-order valence-corrected chi connectivity index (χ0v) is 11.4. The molecule has 105 valence electrons. The number of carbonyl (C=O) groups excluding carboxylic acids is 2. The fourth-order valence-corrected chi connectivity index (χ4v) is 2.18. The number of hydrogen-bond acceptors (Lipinski definition) is 2. The van der Waals surface area contributed by atoms with Gasteiger partial charge in [-0.1, -0.05) is 24.3 Å². The van der Waals surface area contributed by atoms with Gasteiger partial charge < -0.3 is 11.1 Å². The number of amides is 2. The Hall–Kier alpha value is -2.62. The van der Waals surface area contributed by atoms with Crippen molar-refractivity contribution in [2.24, 2.45) is 5.73 Å². The number of nitrogens with two attached hydrogens (primary N) is 1. The van der Waals surface area contributed by atoms with Crippen LogP contribution in [0.1, 0.15) is 33.6 Å². The zero-order chi connectivity index (χ0) is 14.8.